The first-order chi connectivity index (χ1) is 6.93. The van der Waals surface area contributed by atoms with Gasteiger partial charge in [0.05, 0.1) is 11.9 Å². The van der Waals surface area contributed by atoms with Crippen molar-refractivity contribution in [3.8, 4) is 0 Å². The van der Waals surface area contributed by atoms with Crippen LogP contribution in [0.25, 0.3) is 0 Å². The monoisotopic (exact) mass is 213 g/mol. The third kappa shape index (κ3) is 2.30. The minimum atomic E-state index is -1.76. The van der Waals surface area contributed by atoms with Gasteiger partial charge in [-0.2, -0.15) is 0 Å². The van der Waals surface area contributed by atoms with Gasteiger partial charge in [-0.25, -0.2) is 9.97 Å². The molecule has 1 aromatic heterocycles. The van der Waals surface area contributed by atoms with E-state index in [2.05, 4.69) is 9.97 Å². The van der Waals surface area contributed by atoms with Crippen LogP contribution in [0.3, 0.4) is 0 Å². The lowest BCUT2D eigenvalue weighted by atomic mass is 10.1. The molecule has 1 heterocycles. The number of anilines is 2. The summed E-state index contributed by atoms with van der Waals surface area (Å²) in [5.41, 5.74) is 15.3. The van der Waals surface area contributed by atoms with Gasteiger partial charge in [0.2, 0.25) is 5.91 Å². The summed E-state index contributed by atoms with van der Waals surface area (Å²) >= 11 is 0. The number of aliphatic hydroxyl groups excluding tert-OH is 2. The molecule has 8 heteroatoms. The predicted octanol–water partition coefficient (Wildman–Crippen LogP) is -2.48. The van der Waals surface area contributed by atoms with Gasteiger partial charge in [-0.15, -0.1) is 0 Å². The number of carbonyl (C=O) groups excluding carboxylic acids is 1. The van der Waals surface area contributed by atoms with E-state index >= 15 is 0 Å². The highest BCUT2D eigenvalue weighted by Gasteiger charge is 2.25. The molecule has 2 atom stereocenters. The van der Waals surface area contributed by atoms with Gasteiger partial charge in [0.1, 0.15) is 6.10 Å². The molecule has 0 spiro atoms. The van der Waals surface area contributed by atoms with Crippen LogP contribution in [0.2, 0.25) is 0 Å². The minimum absolute atomic E-state index is 0.000449. The van der Waals surface area contributed by atoms with E-state index in [4.69, 9.17) is 22.3 Å². The number of nitrogen functional groups attached to an aromatic ring is 2. The molecule has 0 aliphatic rings. The lowest BCUT2D eigenvalue weighted by Gasteiger charge is -2.14. The summed E-state index contributed by atoms with van der Waals surface area (Å²) in [5.74, 6) is -1.16. The average Bonchev–Trinajstić information content (AvgIpc) is 2.19. The van der Waals surface area contributed by atoms with Gasteiger partial charge in [0.15, 0.2) is 17.7 Å². The van der Waals surface area contributed by atoms with Crippen LogP contribution < -0.4 is 17.2 Å². The Balaban J connectivity index is 2.96. The van der Waals surface area contributed by atoms with Crippen molar-refractivity contribution in [2.45, 2.75) is 12.2 Å². The van der Waals surface area contributed by atoms with Crippen LogP contribution in [0.1, 0.15) is 11.8 Å². The zero-order valence-corrected chi connectivity index (χ0v) is 7.66. The summed E-state index contributed by atoms with van der Waals surface area (Å²) in [7, 11) is 0. The average molecular weight is 213 g/mol. The maximum Gasteiger partial charge on any atom is 0.249 e. The summed E-state index contributed by atoms with van der Waals surface area (Å²) in [6, 6.07) is 0. The highest BCUT2D eigenvalue weighted by Crippen LogP contribution is 2.16. The summed E-state index contributed by atoms with van der Waals surface area (Å²) in [5, 5.41) is 18.6. The quantitative estimate of drug-likeness (QED) is 0.371. The Hall–Kier alpha value is -1.93. The first-order valence-electron chi connectivity index (χ1n) is 3.96. The number of hydrogen-bond acceptors (Lipinski definition) is 7. The van der Waals surface area contributed by atoms with Crippen LogP contribution in [0.15, 0.2) is 6.20 Å². The maximum absolute atomic E-state index is 10.6. The van der Waals surface area contributed by atoms with E-state index in [1.807, 2.05) is 0 Å². The smallest absolute Gasteiger partial charge is 0.249 e. The fraction of sp³-hybridized carbons (Fsp3) is 0.286. The van der Waals surface area contributed by atoms with Crippen molar-refractivity contribution in [2.24, 2.45) is 5.73 Å². The molecule has 0 aliphatic carbocycles. The highest BCUT2D eigenvalue weighted by molar-refractivity contribution is 5.79. The molecule has 0 saturated heterocycles. The zero-order valence-electron chi connectivity index (χ0n) is 7.66. The number of aliphatic hydroxyl groups is 2. The summed E-state index contributed by atoms with van der Waals surface area (Å²) < 4.78 is 0. The number of hydrogen-bond donors (Lipinski definition) is 5. The Morgan fingerprint density at radius 3 is 2.40 bits per heavy atom. The molecule has 1 amide bonds. The second-order valence-corrected chi connectivity index (χ2v) is 2.86. The number of nitrogens with zero attached hydrogens (tertiary/aromatic N) is 2. The molecule has 0 fully saturated rings. The van der Waals surface area contributed by atoms with Gasteiger partial charge in [-0.05, 0) is 0 Å². The fourth-order valence-electron chi connectivity index (χ4n) is 0.887. The molecule has 2 unspecified atom stereocenters. The SMILES string of the molecule is NC(=O)C(O)C(O)c1cnc(N)c(N)n1. The number of rotatable bonds is 3. The molecule has 15 heavy (non-hydrogen) atoms. The highest BCUT2D eigenvalue weighted by atomic mass is 16.3. The van der Waals surface area contributed by atoms with Crippen molar-refractivity contribution in [3.05, 3.63) is 11.9 Å². The van der Waals surface area contributed by atoms with E-state index in [1.54, 1.807) is 0 Å². The third-order valence-electron chi connectivity index (χ3n) is 1.74. The van der Waals surface area contributed by atoms with Crippen LogP contribution in [0, 0.1) is 0 Å². The van der Waals surface area contributed by atoms with Gasteiger partial charge in [-0.3, -0.25) is 4.79 Å². The Kier molecular flexibility index (Phi) is 3.02. The van der Waals surface area contributed by atoms with E-state index in [9.17, 15) is 9.90 Å². The lowest BCUT2D eigenvalue weighted by Crippen LogP contribution is -2.34. The van der Waals surface area contributed by atoms with Crippen LogP contribution in [-0.2, 0) is 4.79 Å². The molecular weight excluding hydrogens is 202 g/mol. The molecule has 82 valence electrons. The Labute approximate surface area is 84.7 Å². The molecule has 0 bridgehead atoms. The largest absolute Gasteiger partial charge is 0.383 e. The van der Waals surface area contributed by atoms with Crippen LogP contribution in [0.4, 0.5) is 11.6 Å². The second-order valence-electron chi connectivity index (χ2n) is 2.86. The van der Waals surface area contributed by atoms with Crippen molar-refractivity contribution >= 4 is 17.5 Å². The van der Waals surface area contributed by atoms with Gasteiger partial charge in [-0.1, -0.05) is 0 Å². The molecule has 0 aromatic carbocycles. The lowest BCUT2D eigenvalue weighted by molar-refractivity contribution is -0.132. The number of aromatic nitrogens is 2. The van der Waals surface area contributed by atoms with Crippen molar-refractivity contribution in [2.75, 3.05) is 11.5 Å². The summed E-state index contributed by atoms with van der Waals surface area (Å²) in [4.78, 5) is 17.8. The predicted molar refractivity (Wildman–Crippen MR) is 51.0 cm³/mol. The minimum Gasteiger partial charge on any atom is -0.383 e. The Bertz CT molecular complexity index is 383. The maximum atomic E-state index is 10.6. The molecule has 0 aliphatic heterocycles. The van der Waals surface area contributed by atoms with Gasteiger partial charge in [0.25, 0.3) is 0 Å². The van der Waals surface area contributed by atoms with E-state index in [-0.39, 0.29) is 17.3 Å². The van der Waals surface area contributed by atoms with Crippen molar-refractivity contribution in [1.82, 2.24) is 9.97 Å². The molecule has 8 N–H and O–H groups in total. The number of primary amides is 1. The zero-order chi connectivity index (χ0) is 11.6. The molecule has 8 nitrogen and oxygen atoms in total. The first-order valence-corrected chi connectivity index (χ1v) is 3.96. The van der Waals surface area contributed by atoms with E-state index < -0.39 is 18.1 Å². The van der Waals surface area contributed by atoms with Crippen molar-refractivity contribution < 1.29 is 15.0 Å². The molecule has 1 aromatic rings. The van der Waals surface area contributed by atoms with E-state index in [0.29, 0.717) is 0 Å². The summed E-state index contributed by atoms with van der Waals surface area (Å²) in [6.45, 7) is 0. The summed E-state index contributed by atoms with van der Waals surface area (Å²) in [6.07, 6.45) is -2.23. The molecule has 0 saturated carbocycles. The molecular formula is C7H11N5O3. The van der Waals surface area contributed by atoms with Crippen molar-refractivity contribution in [1.29, 1.82) is 0 Å². The Morgan fingerprint density at radius 2 is 1.93 bits per heavy atom. The topological polar surface area (TPSA) is 161 Å². The normalized spacial score (nSPS) is 14.5. The van der Waals surface area contributed by atoms with Crippen LogP contribution in [-0.4, -0.2) is 32.2 Å². The number of carbonyl (C=O) groups is 1. The first kappa shape index (κ1) is 11.1. The van der Waals surface area contributed by atoms with Crippen LogP contribution in [0.5, 0.6) is 0 Å². The Morgan fingerprint density at radius 1 is 1.33 bits per heavy atom. The fourth-order valence-corrected chi connectivity index (χ4v) is 0.887. The van der Waals surface area contributed by atoms with Crippen molar-refractivity contribution in [3.63, 3.8) is 0 Å². The van der Waals surface area contributed by atoms with E-state index in [0.717, 1.165) is 6.20 Å². The standard InChI is InChI=1S/C7H11N5O3/c8-5-6(9)12-2(1-11-5)3(13)4(14)7(10)15/h1,3-4,13-14H,(H2,8,11)(H2,9,12)(H2,10,15). The van der Waals surface area contributed by atoms with Gasteiger partial charge in [0, 0.05) is 0 Å². The number of amides is 1. The number of nitrogens with two attached hydrogens (primary N) is 3. The third-order valence-corrected chi connectivity index (χ3v) is 1.74. The molecule has 1 rings (SSSR count). The molecule has 0 radical (unpaired) electrons. The van der Waals surface area contributed by atoms with E-state index in [1.165, 1.54) is 0 Å². The van der Waals surface area contributed by atoms with Gasteiger partial charge >= 0.3 is 0 Å². The van der Waals surface area contributed by atoms with Gasteiger partial charge < -0.3 is 27.4 Å². The van der Waals surface area contributed by atoms with Crippen LogP contribution >= 0.6 is 0 Å². The second kappa shape index (κ2) is 4.07.